The van der Waals surface area contributed by atoms with Crippen LogP contribution in [0.2, 0.25) is 0 Å². The summed E-state index contributed by atoms with van der Waals surface area (Å²) in [4.78, 5) is 11.5. The molecule has 0 spiro atoms. The number of guanidine groups is 1. The minimum atomic E-state index is 0.348. The van der Waals surface area contributed by atoms with E-state index in [0.29, 0.717) is 12.6 Å². The molecule has 1 aliphatic rings. The fraction of sp³-hybridized carbons (Fsp3) is 0.579. The number of aliphatic imine (C=N–C) groups is 1. The van der Waals surface area contributed by atoms with E-state index in [2.05, 4.69) is 43.7 Å². The second kappa shape index (κ2) is 9.34. The lowest BCUT2D eigenvalue weighted by atomic mass is 10.3. The number of nitrogens with one attached hydrogen (secondary N) is 2. The zero-order valence-corrected chi connectivity index (χ0v) is 16.5. The zero-order chi connectivity index (χ0) is 19.1. The smallest absolute Gasteiger partial charge is 0.191 e. The van der Waals surface area contributed by atoms with Crippen molar-refractivity contribution >= 4 is 11.8 Å². The summed E-state index contributed by atoms with van der Waals surface area (Å²) < 4.78 is 1.98. The van der Waals surface area contributed by atoms with E-state index < -0.39 is 0 Å². The minimum absolute atomic E-state index is 0.348. The first kappa shape index (κ1) is 19.1. The van der Waals surface area contributed by atoms with E-state index in [4.69, 9.17) is 4.99 Å². The molecular weight excluding hydrogens is 340 g/mol. The Morgan fingerprint density at radius 2 is 2.22 bits per heavy atom. The van der Waals surface area contributed by atoms with Crippen molar-refractivity contribution in [3.8, 4) is 0 Å². The van der Waals surface area contributed by atoms with E-state index in [1.165, 1.54) is 0 Å². The number of aryl methyl sites for hydroxylation is 1. The molecule has 8 heteroatoms. The van der Waals surface area contributed by atoms with Crippen molar-refractivity contribution < 1.29 is 0 Å². The molecule has 1 fully saturated rings. The number of hydrogen-bond donors (Lipinski definition) is 2. The monoisotopic (exact) mass is 370 g/mol. The molecule has 3 heterocycles. The molecule has 0 saturated carbocycles. The molecule has 8 nitrogen and oxygen atoms in total. The first-order valence-corrected chi connectivity index (χ1v) is 9.73. The molecule has 146 valence electrons. The van der Waals surface area contributed by atoms with Crippen LogP contribution in [-0.4, -0.2) is 51.4 Å². The molecule has 0 amide bonds. The summed E-state index contributed by atoms with van der Waals surface area (Å²) in [6.07, 6.45) is 5.18. The molecule has 0 bridgehead atoms. The number of aromatic nitrogens is 4. The van der Waals surface area contributed by atoms with Gasteiger partial charge in [-0.15, -0.1) is 10.2 Å². The van der Waals surface area contributed by atoms with Gasteiger partial charge in [-0.2, -0.15) is 0 Å². The van der Waals surface area contributed by atoms with Gasteiger partial charge in [0.05, 0.1) is 0 Å². The van der Waals surface area contributed by atoms with Crippen LogP contribution in [0.4, 0.5) is 5.82 Å². The van der Waals surface area contributed by atoms with Crippen molar-refractivity contribution in [1.29, 1.82) is 0 Å². The van der Waals surface area contributed by atoms with Crippen LogP contribution < -0.4 is 15.5 Å². The predicted octanol–water partition coefficient (Wildman–Crippen LogP) is 1.63. The lowest BCUT2D eigenvalue weighted by Crippen LogP contribution is -2.45. The molecule has 1 saturated heterocycles. The van der Waals surface area contributed by atoms with E-state index in [-0.39, 0.29) is 0 Å². The van der Waals surface area contributed by atoms with Gasteiger partial charge in [-0.1, -0.05) is 19.4 Å². The van der Waals surface area contributed by atoms with Gasteiger partial charge in [-0.3, -0.25) is 0 Å². The van der Waals surface area contributed by atoms with Crippen LogP contribution in [-0.2, 0) is 13.6 Å². The van der Waals surface area contributed by atoms with Gasteiger partial charge in [-0.05, 0) is 31.9 Å². The van der Waals surface area contributed by atoms with Crippen molar-refractivity contribution in [2.75, 3.05) is 24.5 Å². The van der Waals surface area contributed by atoms with E-state index in [1.54, 1.807) is 0 Å². The Hall–Kier alpha value is -2.64. The quantitative estimate of drug-likeness (QED) is 0.438. The second-order valence-corrected chi connectivity index (χ2v) is 6.93. The summed E-state index contributed by atoms with van der Waals surface area (Å²) >= 11 is 0. The number of hydrogen-bond acceptors (Lipinski definition) is 5. The molecule has 0 radical (unpaired) electrons. The Balaban J connectivity index is 1.61. The highest BCUT2D eigenvalue weighted by Crippen LogP contribution is 2.17. The summed E-state index contributed by atoms with van der Waals surface area (Å²) in [5.74, 6) is 3.65. The van der Waals surface area contributed by atoms with Crippen molar-refractivity contribution in [3.63, 3.8) is 0 Å². The van der Waals surface area contributed by atoms with Crippen LogP contribution in [0, 0.1) is 6.92 Å². The van der Waals surface area contributed by atoms with Crippen LogP contribution in [0.5, 0.6) is 0 Å². The highest BCUT2D eigenvalue weighted by molar-refractivity contribution is 5.80. The average molecular weight is 371 g/mol. The lowest BCUT2D eigenvalue weighted by molar-refractivity contribution is 0.636. The third kappa shape index (κ3) is 5.18. The average Bonchev–Trinajstić information content (AvgIpc) is 3.28. The van der Waals surface area contributed by atoms with Gasteiger partial charge < -0.3 is 20.1 Å². The van der Waals surface area contributed by atoms with Gasteiger partial charge in [0.2, 0.25) is 0 Å². The maximum atomic E-state index is 4.74. The van der Waals surface area contributed by atoms with Crippen LogP contribution in [0.25, 0.3) is 0 Å². The van der Waals surface area contributed by atoms with E-state index in [1.807, 2.05) is 36.9 Å². The normalized spacial score (nSPS) is 17.4. The first-order valence-electron chi connectivity index (χ1n) is 9.73. The Morgan fingerprint density at radius 3 is 2.93 bits per heavy atom. The second-order valence-electron chi connectivity index (χ2n) is 6.93. The van der Waals surface area contributed by atoms with E-state index >= 15 is 0 Å². The van der Waals surface area contributed by atoms with Crippen LogP contribution in [0.3, 0.4) is 0 Å². The number of unbranched alkanes of at least 4 members (excludes halogenated alkanes) is 1. The number of pyridine rings is 1. The van der Waals surface area contributed by atoms with E-state index in [0.717, 1.165) is 62.3 Å². The molecule has 3 rings (SSSR count). The van der Waals surface area contributed by atoms with Gasteiger partial charge in [0.15, 0.2) is 11.8 Å². The highest BCUT2D eigenvalue weighted by Gasteiger charge is 2.24. The summed E-state index contributed by atoms with van der Waals surface area (Å²) in [5.41, 5.74) is 0. The summed E-state index contributed by atoms with van der Waals surface area (Å²) in [5, 5.41) is 15.3. The Morgan fingerprint density at radius 1 is 1.33 bits per heavy atom. The summed E-state index contributed by atoms with van der Waals surface area (Å²) in [6.45, 7) is 7.49. The fourth-order valence-electron chi connectivity index (χ4n) is 3.09. The van der Waals surface area contributed by atoms with Crippen LogP contribution in [0.1, 0.15) is 37.8 Å². The van der Waals surface area contributed by atoms with Crippen molar-refractivity contribution in [3.05, 3.63) is 36.0 Å². The Labute approximate surface area is 161 Å². The molecule has 2 N–H and O–H groups in total. The third-order valence-corrected chi connectivity index (χ3v) is 4.89. The fourth-order valence-corrected chi connectivity index (χ4v) is 3.09. The van der Waals surface area contributed by atoms with E-state index in [9.17, 15) is 0 Å². The maximum absolute atomic E-state index is 4.74. The zero-order valence-electron chi connectivity index (χ0n) is 16.5. The first-order chi connectivity index (χ1) is 13.2. The third-order valence-electron chi connectivity index (χ3n) is 4.89. The number of anilines is 1. The van der Waals surface area contributed by atoms with Crippen molar-refractivity contribution in [1.82, 2.24) is 30.4 Å². The Kier molecular flexibility index (Phi) is 6.62. The molecule has 1 aliphatic heterocycles. The number of nitrogens with zero attached hydrogens (tertiary/aromatic N) is 6. The molecule has 27 heavy (non-hydrogen) atoms. The van der Waals surface area contributed by atoms with Gasteiger partial charge in [0.25, 0.3) is 0 Å². The van der Waals surface area contributed by atoms with Gasteiger partial charge in [-0.25, -0.2) is 9.98 Å². The summed E-state index contributed by atoms with van der Waals surface area (Å²) in [7, 11) is 1.97. The minimum Gasteiger partial charge on any atom is -0.356 e. The van der Waals surface area contributed by atoms with Gasteiger partial charge in [0, 0.05) is 38.9 Å². The maximum Gasteiger partial charge on any atom is 0.191 e. The molecule has 2 aromatic heterocycles. The molecule has 1 unspecified atom stereocenters. The van der Waals surface area contributed by atoms with Crippen molar-refractivity contribution in [2.24, 2.45) is 12.0 Å². The molecule has 0 aromatic carbocycles. The number of rotatable bonds is 7. The topological polar surface area (TPSA) is 83.3 Å². The van der Waals surface area contributed by atoms with Gasteiger partial charge in [0.1, 0.15) is 18.2 Å². The lowest BCUT2D eigenvalue weighted by Gasteiger charge is -2.19. The molecule has 1 atom stereocenters. The standard InChI is InChI=1S/C19H30N8/c1-4-5-10-21-19(22-13-18-25-24-15(2)26(18)3)23-16-9-12-27(14-16)17-8-6-7-11-20-17/h6-8,11,16H,4-5,9-10,12-14H2,1-3H3,(H2,21,22,23). The highest BCUT2D eigenvalue weighted by atomic mass is 15.3. The van der Waals surface area contributed by atoms with Crippen LogP contribution >= 0.6 is 0 Å². The van der Waals surface area contributed by atoms with Gasteiger partial charge >= 0.3 is 0 Å². The predicted molar refractivity (Wildman–Crippen MR) is 108 cm³/mol. The molecule has 2 aromatic rings. The molecule has 0 aliphatic carbocycles. The van der Waals surface area contributed by atoms with Crippen LogP contribution in [0.15, 0.2) is 29.4 Å². The SMILES string of the molecule is CCCCNC(=NCc1nnc(C)n1C)NC1CCN(c2ccccn2)C1. The van der Waals surface area contributed by atoms with Crippen molar-refractivity contribution in [2.45, 2.75) is 45.7 Å². The summed E-state index contributed by atoms with van der Waals surface area (Å²) in [6, 6.07) is 6.39. The molecular formula is C19H30N8. The largest absolute Gasteiger partial charge is 0.356 e. The Bertz CT molecular complexity index is 739.